The largest absolute Gasteiger partial charge is 0.439 e. The van der Waals surface area contributed by atoms with Crippen LogP contribution in [0, 0.1) is 6.92 Å². The maximum atomic E-state index is 13.7. The topological polar surface area (TPSA) is 96.5 Å². The van der Waals surface area contributed by atoms with E-state index >= 15 is 0 Å². The molecule has 3 aromatic rings. The Morgan fingerprint density at radius 2 is 1.81 bits per heavy atom. The molecule has 1 unspecified atom stereocenters. The van der Waals surface area contributed by atoms with E-state index in [2.05, 4.69) is 51.3 Å². The van der Waals surface area contributed by atoms with Crippen molar-refractivity contribution in [3.8, 4) is 11.6 Å². The number of piperidine rings is 1. The molecule has 2 aromatic carbocycles. The van der Waals surface area contributed by atoms with E-state index in [0.29, 0.717) is 43.5 Å². The third-order valence-electron chi connectivity index (χ3n) is 8.43. The first-order chi connectivity index (χ1) is 21.0. The van der Waals surface area contributed by atoms with Crippen LogP contribution in [0.25, 0.3) is 0 Å². The first kappa shape index (κ1) is 29.1. The summed E-state index contributed by atoms with van der Waals surface area (Å²) in [7, 11) is 1.61. The summed E-state index contributed by atoms with van der Waals surface area (Å²) in [6.45, 7) is 6.96. The van der Waals surface area contributed by atoms with Crippen molar-refractivity contribution >= 4 is 11.9 Å². The van der Waals surface area contributed by atoms with Gasteiger partial charge in [-0.1, -0.05) is 35.9 Å². The van der Waals surface area contributed by atoms with Crippen LogP contribution in [0.3, 0.4) is 0 Å². The van der Waals surface area contributed by atoms with Gasteiger partial charge in [-0.25, -0.2) is 9.78 Å². The molecule has 0 bridgehead atoms. The number of carbonyl (C=O) groups is 2. The van der Waals surface area contributed by atoms with Crippen LogP contribution in [-0.4, -0.2) is 90.4 Å². The van der Waals surface area contributed by atoms with Gasteiger partial charge in [0.25, 0.3) is 5.91 Å². The van der Waals surface area contributed by atoms with Gasteiger partial charge in [-0.15, -0.1) is 0 Å². The number of ether oxygens (including phenoxy) is 3. The predicted octanol–water partition coefficient (Wildman–Crippen LogP) is 4.36. The van der Waals surface area contributed by atoms with Crippen molar-refractivity contribution in [3.63, 3.8) is 0 Å². The maximum absolute atomic E-state index is 13.7. The van der Waals surface area contributed by atoms with Crippen molar-refractivity contribution in [2.75, 3.05) is 46.4 Å². The van der Waals surface area contributed by atoms with Crippen molar-refractivity contribution in [2.45, 2.75) is 44.7 Å². The van der Waals surface area contributed by atoms with Crippen LogP contribution in [0.5, 0.6) is 11.6 Å². The Balaban J connectivity index is 1.05. The van der Waals surface area contributed by atoms with Gasteiger partial charge in [0.2, 0.25) is 5.88 Å². The molecule has 0 spiro atoms. The fourth-order valence-corrected chi connectivity index (χ4v) is 6.19. The average molecular weight is 586 g/mol. The molecule has 3 fully saturated rings. The van der Waals surface area contributed by atoms with Crippen LogP contribution in [-0.2, 0) is 16.0 Å². The second-order valence-electron chi connectivity index (χ2n) is 11.4. The summed E-state index contributed by atoms with van der Waals surface area (Å²) in [5.74, 6) is 0.989. The van der Waals surface area contributed by atoms with E-state index in [1.807, 2.05) is 23.2 Å². The number of nitrogens with one attached hydrogen (secondary N) is 1. The zero-order valence-corrected chi connectivity index (χ0v) is 24.8. The van der Waals surface area contributed by atoms with Crippen molar-refractivity contribution in [1.82, 2.24) is 25.0 Å². The number of rotatable bonds is 9. The lowest BCUT2D eigenvalue weighted by Gasteiger charge is -2.39. The zero-order valence-electron chi connectivity index (χ0n) is 24.8. The fraction of sp³-hybridized carbons (Fsp3) is 0.424. The Kier molecular flexibility index (Phi) is 8.87. The summed E-state index contributed by atoms with van der Waals surface area (Å²) in [5, 5.41) is 2.61. The number of hydrogen-bond acceptors (Lipinski definition) is 7. The second-order valence-corrected chi connectivity index (χ2v) is 11.4. The van der Waals surface area contributed by atoms with Crippen LogP contribution in [0.4, 0.5) is 4.79 Å². The van der Waals surface area contributed by atoms with Gasteiger partial charge in [0, 0.05) is 57.1 Å². The third kappa shape index (κ3) is 6.82. The third-order valence-corrected chi connectivity index (χ3v) is 8.43. The molecular weight excluding hydrogens is 546 g/mol. The van der Waals surface area contributed by atoms with Crippen LogP contribution in [0.15, 0.2) is 66.9 Å². The Morgan fingerprint density at radius 1 is 1.05 bits per heavy atom. The van der Waals surface area contributed by atoms with Crippen LogP contribution in [0.1, 0.15) is 45.9 Å². The smallest absolute Gasteiger partial charge is 0.321 e. The summed E-state index contributed by atoms with van der Waals surface area (Å²) in [6.07, 6.45) is 3.34. The molecule has 43 heavy (non-hydrogen) atoms. The number of carbonyl (C=O) groups excluding carboxylic acids is 2. The van der Waals surface area contributed by atoms with E-state index in [1.54, 1.807) is 31.3 Å². The van der Waals surface area contributed by atoms with E-state index in [-0.39, 0.29) is 30.3 Å². The second kappa shape index (κ2) is 13.1. The molecule has 10 heteroatoms. The molecule has 226 valence electrons. The molecule has 3 saturated heterocycles. The highest BCUT2D eigenvalue weighted by Crippen LogP contribution is 2.35. The quantitative estimate of drug-likeness (QED) is 0.399. The van der Waals surface area contributed by atoms with Gasteiger partial charge in [-0.3, -0.25) is 9.69 Å². The van der Waals surface area contributed by atoms with E-state index in [0.717, 1.165) is 38.0 Å². The molecule has 1 atom stereocenters. The molecular formula is C33H39N5O5. The predicted molar refractivity (Wildman–Crippen MR) is 161 cm³/mol. The number of hydrogen-bond donors (Lipinski definition) is 1. The lowest BCUT2D eigenvalue weighted by molar-refractivity contribution is -0.0537. The Hall–Kier alpha value is -3.99. The minimum Gasteiger partial charge on any atom is -0.439 e. The molecule has 0 radical (unpaired) electrons. The standard InChI is InChI=1S/C33H39N5O5/c1-23-4-3-5-26(18-23)29-21-37(22-31-41-16-17-42-31)33(40)38(29)27-12-14-36(15-13-27)20-24-6-11-30(35-19-24)43-28-9-7-25(8-10-28)32(39)34-2/h3-11,18-19,27,29,31H,12-17,20-22H2,1-2H3,(H,34,39). The lowest BCUT2D eigenvalue weighted by Crippen LogP contribution is -2.47. The van der Waals surface area contributed by atoms with Gasteiger partial charge in [0.05, 0.1) is 25.8 Å². The first-order valence-electron chi connectivity index (χ1n) is 15.0. The first-order valence-corrected chi connectivity index (χ1v) is 15.0. The fourth-order valence-electron chi connectivity index (χ4n) is 6.19. The summed E-state index contributed by atoms with van der Waals surface area (Å²) < 4.78 is 17.2. The summed E-state index contributed by atoms with van der Waals surface area (Å²) in [4.78, 5) is 36.4. The molecule has 0 aliphatic carbocycles. The van der Waals surface area contributed by atoms with Gasteiger partial charge >= 0.3 is 6.03 Å². The minimum absolute atomic E-state index is 0.0158. The number of nitrogens with zero attached hydrogens (tertiary/aromatic N) is 4. The van der Waals surface area contributed by atoms with Crippen LogP contribution < -0.4 is 10.1 Å². The number of aromatic nitrogens is 1. The number of pyridine rings is 1. The highest BCUT2D eigenvalue weighted by Gasteiger charge is 2.43. The van der Waals surface area contributed by atoms with Gasteiger partial charge in [0.1, 0.15) is 5.75 Å². The molecule has 3 aliphatic rings. The highest BCUT2D eigenvalue weighted by molar-refractivity contribution is 5.94. The average Bonchev–Trinajstić information content (AvgIpc) is 3.66. The summed E-state index contributed by atoms with van der Waals surface area (Å²) in [5.41, 5.74) is 4.07. The molecule has 6 rings (SSSR count). The Morgan fingerprint density at radius 3 is 2.49 bits per heavy atom. The SMILES string of the molecule is CNC(=O)c1ccc(Oc2ccc(CN3CCC(N4C(=O)N(CC5OCCO5)CC4c4cccc(C)c4)CC3)cn2)cc1. The van der Waals surface area contributed by atoms with Crippen LogP contribution in [0.2, 0.25) is 0 Å². The van der Waals surface area contributed by atoms with Gasteiger partial charge in [0.15, 0.2) is 6.29 Å². The summed E-state index contributed by atoms with van der Waals surface area (Å²) >= 11 is 0. The normalized spacial score (nSPS) is 20.1. The minimum atomic E-state index is -0.344. The number of likely N-dealkylation sites (tertiary alicyclic amines) is 1. The molecule has 10 nitrogen and oxygen atoms in total. The molecule has 3 aliphatic heterocycles. The Labute approximate surface area is 252 Å². The van der Waals surface area contributed by atoms with Crippen molar-refractivity contribution in [1.29, 1.82) is 0 Å². The van der Waals surface area contributed by atoms with Gasteiger partial charge in [-0.05, 0) is 55.2 Å². The van der Waals surface area contributed by atoms with Crippen molar-refractivity contribution in [3.05, 3.63) is 89.1 Å². The molecule has 3 amide bonds. The zero-order chi connectivity index (χ0) is 29.8. The van der Waals surface area contributed by atoms with E-state index < -0.39 is 0 Å². The van der Waals surface area contributed by atoms with E-state index in [9.17, 15) is 9.59 Å². The number of amides is 3. The van der Waals surface area contributed by atoms with Crippen molar-refractivity contribution < 1.29 is 23.8 Å². The number of benzene rings is 2. The monoisotopic (exact) mass is 585 g/mol. The van der Waals surface area contributed by atoms with E-state index in [4.69, 9.17) is 14.2 Å². The van der Waals surface area contributed by atoms with Crippen molar-refractivity contribution in [2.24, 2.45) is 0 Å². The Bertz CT molecular complexity index is 1400. The highest BCUT2D eigenvalue weighted by atomic mass is 16.7. The number of urea groups is 1. The molecule has 0 saturated carbocycles. The number of aryl methyl sites for hydroxylation is 1. The van der Waals surface area contributed by atoms with E-state index in [1.165, 1.54) is 11.1 Å². The molecule has 4 heterocycles. The van der Waals surface area contributed by atoms with Gasteiger partial charge in [-0.2, -0.15) is 0 Å². The van der Waals surface area contributed by atoms with Gasteiger partial charge < -0.3 is 29.3 Å². The van der Waals surface area contributed by atoms with Crippen LogP contribution >= 0.6 is 0 Å². The lowest BCUT2D eigenvalue weighted by atomic mass is 9.98. The maximum Gasteiger partial charge on any atom is 0.321 e. The molecule has 1 aromatic heterocycles. The molecule has 1 N–H and O–H groups in total. The summed E-state index contributed by atoms with van der Waals surface area (Å²) in [6, 6.07) is 19.7.